The second kappa shape index (κ2) is 2.66. The summed E-state index contributed by atoms with van der Waals surface area (Å²) >= 11 is 0. The summed E-state index contributed by atoms with van der Waals surface area (Å²) in [6.07, 6.45) is 0. The van der Waals surface area contributed by atoms with E-state index in [-0.39, 0.29) is 6.54 Å². The van der Waals surface area contributed by atoms with Gasteiger partial charge < -0.3 is 10.4 Å². The van der Waals surface area contributed by atoms with Crippen LogP contribution in [-0.4, -0.2) is 17.6 Å². The highest BCUT2D eigenvalue weighted by Gasteiger charge is 1.86. The van der Waals surface area contributed by atoms with Gasteiger partial charge in [0.2, 0.25) is 0 Å². The van der Waals surface area contributed by atoms with Crippen LogP contribution in [0.15, 0.2) is 0 Å². The Balaban J connectivity index is 2.83. The molecule has 0 aliphatic carbocycles. The molecule has 2 N–H and O–H groups in total. The van der Waals surface area contributed by atoms with Crippen molar-refractivity contribution in [3.05, 3.63) is 7.05 Å². The van der Waals surface area contributed by atoms with Gasteiger partial charge in [-0.1, -0.05) is 0 Å². The summed E-state index contributed by atoms with van der Waals surface area (Å²) in [5.41, 5.74) is 0. The number of carboxylic acid groups (broad SMARTS) is 1. The zero-order valence-electron chi connectivity index (χ0n) is 3.27. The molecule has 1 radical (unpaired) electrons. The van der Waals surface area contributed by atoms with Crippen LogP contribution in [0.1, 0.15) is 0 Å². The van der Waals surface area contributed by atoms with Crippen molar-refractivity contribution >= 4 is 5.97 Å². The second-order valence-electron chi connectivity index (χ2n) is 0.821. The number of hydrogen-bond acceptors (Lipinski definition) is 2. The van der Waals surface area contributed by atoms with Gasteiger partial charge >= 0.3 is 5.97 Å². The molecule has 0 aromatic carbocycles. The van der Waals surface area contributed by atoms with Crippen molar-refractivity contribution in [2.75, 3.05) is 6.54 Å². The first-order valence-electron chi connectivity index (χ1n) is 1.49. The Kier molecular flexibility index (Phi) is 2.40. The molecular weight excluding hydrogens is 82.0 g/mol. The molecule has 0 heterocycles. The number of aliphatic carboxylic acids is 1. The fraction of sp³-hybridized carbons (Fsp3) is 0.333. The molecule has 0 unspecified atom stereocenters. The highest BCUT2D eigenvalue weighted by Crippen LogP contribution is 1.52. The molecule has 3 heteroatoms. The molecule has 0 saturated carbocycles. The monoisotopic (exact) mass is 88.0 g/mol. The first-order valence-corrected chi connectivity index (χ1v) is 1.49. The van der Waals surface area contributed by atoms with Gasteiger partial charge in [0.1, 0.15) is 0 Å². The van der Waals surface area contributed by atoms with Crippen LogP contribution in [-0.2, 0) is 4.79 Å². The van der Waals surface area contributed by atoms with Crippen LogP contribution in [0.5, 0.6) is 0 Å². The third-order valence-corrected chi connectivity index (χ3v) is 0.276. The zero-order valence-corrected chi connectivity index (χ0v) is 3.27. The maximum atomic E-state index is 9.50. The lowest BCUT2D eigenvalue weighted by atomic mass is 10.7. The van der Waals surface area contributed by atoms with Crippen LogP contribution in [0.25, 0.3) is 0 Å². The van der Waals surface area contributed by atoms with Crippen LogP contribution < -0.4 is 5.32 Å². The van der Waals surface area contributed by atoms with Crippen molar-refractivity contribution in [1.82, 2.24) is 5.32 Å². The summed E-state index contributed by atoms with van der Waals surface area (Å²) in [4.78, 5) is 9.50. The fourth-order valence-electron chi connectivity index (χ4n) is 0.107. The maximum Gasteiger partial charge on any atom is 0.317 e. The molecule has 0 rings (SSSR count). The predicted octanol–water partition coefficient (Wildman–Crippen LogP) is -0.548. The van der Waals surface area contributed by atoms with Crippen molar-refractivity contribution in [2.24, 2.45) is 0 Å². The minimum absolute atomic E-state index is 0.0694. The minimum atomic E-state index is -0.884. The van der Waals surface area contributed by atoms with Crippen molar-refractivity contribution in [3.8, 4) is 0 Å². The molecule has 6 heavy (non-hydrogen) atoms. The topological polar surface area (TPSA) is 49.3 Å². The van der Waals surface area contributed by atoms with E-state index in [4.69, 9.17) is 5.11 Å². The summed E-state index contributed by atoms with van der Waals surface area (Å²) < 4.78 is 0. The Morgan fingerprint density at radius 3 is 2.50 bits per heavy atom. The molecule has 0 amide bonds. The van der Waals surface area contributed by atoms with Crippen LogP contribution in [0.4, 0.5) is 0 Å². The first-order chi connectivity index (χ1) is 2.77. The molecular formula is C3H6NO2. The number of rotatable bonds is 2. The molecule has 0 atom stereocenters. The van der Waals surface area contributed by atoms with Crippen molar-refractivity contribution in [2.45, 2.75) is 0 Å². The Hall–Kier alpha value is -0.570. The van der Waals surface area contributed by atoms with E-state index < -0.39 is 5.97 Å². The molecule has 0 aromatic heterocycles. The highest BCUT2D eigenvalue weighted by molar-refractivity contribution is 5.68. The number of carboxylic acids is 1. The Morgan fingerprint density at radius 2 is 2.50 bits per heavy atom. The Bertz CT molecular complexity index is 52.8. The normalized spacial score (nSPS) is 8.17. The zero-order chi connectivity index (χ0) is 4.99. The van der Waals surface area contributed by atoms with Crippen LogP contribution in [0.3, 0.4) is 0 Å². The summed E-state index contributed by atoms with van der Waals surface area (Å²) in [5.74, 6) is -0.884. The number of carbonyl (C=O) groups is 1. The molecule has 0 spiro atoms. The summed E-state index contributed by atoms with van der Waals surface area (Å²) in [5, 5.41) is 10.0. The average molecular weight is 88.1 g/mol. The van der Waals surface area contributed by atoms with Gasteiger partial charge in [0.05, 0.1) is 6.54 Å². The predicted molar refractivity (Wildman–Crippen MR) is 21.0 cm³/mol. The molecule has 35 valence electrons. The van der Waals surface area contributed by atoms with E-state index in [1.165, 1.54) is 0 Å². The molecule has 3 nitrogen and oxygen atoms in total. The van der Waals surface area contributed by atoms with Crippen molar-refractivity contribution in [3.63, 3.8) is 0 Å². The van der Waals surface area contributed by atoms with E-state index in [1.807, 2.05) is 0 Å². The van der Waals surface area contributed by atoms with Gasteiger partial charge in [0, 0.05) is 7.05 Å². The second-order valence-corrected chi connectivity index (χ2v) is 0.821. The molecule has 0 fully saturated rings. The van der Waals surface area contributed by atoms with Gasteiger partial charge in [0.25, 0.3) is 0 Å². The van der Waals surface area contributed by atoms with E-state index in [0.29, 0.717) is 0 Å². The minimum Gasteiger partial charge on any atom is -0.480 e. The summed E-state index contributed by atoms with van der Waals surface area (Å²) in [6, 6.07) is 0. The smallest absolute Gasteiger partial charge is 0.317 e. The fourth-order valence-corrected chi connectivity index (χ4v) is 0.107. The maximum absolute atomic E-state index is 9.50. The molecule has 0 saturated heterocycles. The standard InChI is InChI=1S/C3H6NO2/c1-4-2-3(5)6/h4H,1-2H2,(H,5,6). The molecule has 0 bridgehead atoms. The van der Waals surface area contributed by atoms with Crippen molar-refractivity contribution in [1.29, 1.82) is 0 Å². The third kappa shape index (κ3) is 3.43. The van der Waals surface area contributed by atoms with E-state index in [9.17, 15) is 4.79 Å². The van der Waals surface area contributed by atoms with Gasteiger partial charge in [0.15, 0.2) is 0 Å². The quantitative estimate of drug-likeness (QED) is 0.476. The van der Waals surface area contributed by atoms with Crippen molar-refractivity contribution < 1.29 is 9.90 Å². The van der Waals surface area contributed by atoms with Gasteiger partial charge in [-0.2, -0.15) is 0 Å². The van der Waals surface area contributed by atoms with E-state index >= 15 is 0 Å². The summed E-state index contributed by atoms with van der Waals surface area (Å²) in [6.45, 7) is -0.0694. The van der Waals surface area contributed by atoms with Crippen LogP contribution >= 0.6 is 0 Å². The lowest BCUT2D eigenvalue weighted by Gasteiger charge is -1.83. The average Bonchev–Trinajstić information content (AvgIpc) is 1.35. The van der Waals surface area contributed by atoms with Gasteiger partial charge in [-0.3, -0.25) is 4.79 Å². The SMILES string of the molecule is [CH2]NCC(=O)O. The first kappa shape index (κ1) is 5.43. The Morgan fingerprint density at radius 1 is 2.00 bits per heavy atom. The number of nitrogens with one attached hydrogen (secondary N) is 1. The summed E-state index contributed by atoms with van der Waals surface area (Å²) in [7, 11) is 3.10. The largest absolute Gasteiger partial charge is 0.480 e. The number of hydrogen-bond donors (Lipinski definition) is 2. The Labute approximate surface area is 36.0 Å². The highest BCUT2D eigenvalue weighted by atomic mass is 16.4. The van der Waals surface area contributed by atoms with Gasteiger partial charge in [-0.15, -0.1) is 0 Å². The lowest BCUT2D eigenvalue weighted by Crippen LogP contribution is -2.14. The van der Waals surface area contributed by atoms with Gasteiger partial charge in [-0.25, -0.2) is 0 Å². The molecule has 0 aromatic rings. The van der Waals surface area contributed by atoms with Crippen LogP contribution in [0.2, 0.25) is 0 Å². The van der Waals surface area contributed by atoms with E-state index in [1.54, 1.807) is 0 Å². The van der Waals surface area contributed by atoms with E-state index in [0.717, 1.165) is 0 Å². The lowest BCUT2D eigenvalue weighted by molar-refractivity contribution is -0.135. The van der Waals surface area contributed by atoms with E-state index in [2.05, 4.69) is 12.4 Å². The molecule has 0 aliphatic heterocycles. The molecule has 0 aliphatic rings. The van der Waals surface area contributed by atoms with Gasteiger partial charge in [-0.05, 0) is 0 Å². The third-order valence-electron chi connectivity index (χ3n) is 0.276. The van der Waals surface area contributed by atoms with Crippen LogP contribution in [0, 0.1) is 7.05 Å².